The van der Waals surface area contributed by atoms with Crippen LogP contribution in [-0.2, 0) is 19.1 Å². The van der Waals surface area contributed by atoms with E-state index in [9.17, 15) is 19.5 Å². The van der Waals surface area contributed by atoms with E-state index in [0.717, 1.165) is 0 Å². The Morgan fingerprint density at radius 2 is 1.64 bits per heavy atom. The van der Waals surface area contributed by atoms with Crippen LogP contribution in [0.4, 0.5) is 4.79 Å². The van der Waals surface area contributed by atoms with E-state index in [4.69, 9.17) is 9.47 Å². The second-order valence-electron chi connectivity index (χ2n) is 11.3. The van der Waals surface area contributed by atoms with Crippen LogP contribution in [0.15, 0.2) is 12.2 Å². The molecule has 1 aliphatic rings. The summed E-state index contributed by atoms with van der Waals surface area (Å²) in [6.07, 6.45) is 2.87. The van der Waals surface area contributed by atoms with E-state index in [1.54, 1.807) is 41.5 Å². The number of aliphatic hydroxyl groups is 1. The fraction of sp³-hybridized carbons (Fsp3) is 0.800. The molecule has 1 fully saturated rings. The topological polar surface area (TPSA) is 105 Å². The van der Waals surface area contributed by atoms with Crippen molar-refractivity contribution in [2.45, 2.75) is 118 Å². The van der Waals surface area contributed by atoms with Gasteiger partial charge in [-0.1, -0.05) is 26.0 Å². The lowest BCUT2D eigenvalue weighted by Crippen LogP contribution is -2.60. The van der Waals surface area contributed by atoms with E-state index in [2.05, 4.69) is 5.32 Å². The fourth-order valence-corrected chi connectivity index (χ4v) is 4.22. The van der Waals surface area contributed by atoms with Gasteiger partial charge < -0.3 is 19.9 Å². The van der Waals surface area contributed by atoms with Crippen molar-refractivity contribution in [1.29, 1.82) is 0 Å². The Labute approximate surface area is 199 Å². The number of aliphatic hydroxyl groups excluding tert-OH is 1. The van der Waals surface area contributed by atoms with Crippen LogP contribution in [0.3, 0.4) is 0 Å². The Hall–Kier alpha value is -2.09. The fourth-order valence-electron chi connectivity index (χ4n) is 4.22. The maximum absolute atomic E-state index is 13.4. The number of ether oxygens (including phenoxy) is 2. The van der Waals surface area contributed by atoms with Gasteiger partial charge in [0, 0.05) is 12.8 Å². The molecule has 5 atom stereocenters. The first-order valence-corrected chi connectivity index (χ1v) is 11.8. The second-order valence-corrected chi connectivity index (χ2v) is 11.3. The first-order valence-electron chi connectivity index (χ1n) is 11.8. The van der Waals surface area contributed by atoms with Gasteiger partial charge in [0.15, 0.2) is 0 Å². The largest absolute Gasteiger partial charge is 0.458 e. The van der Waals surface area contributed by atoms with Gasteiger partial charge >= 0.3 is 12.1 Å². The molecule has 190 valence electrons. The van der Waals surface area contributed by atoms with Gasteiger partial charge in [-0.2, -0.15) is 0 Å². The molecule has 0 aliphatic carbocycles. The summed E-state index contributed by atoms with van der Waals surface area (Å²) in [7, 11) is 0. The smallest absolute Gasteiger partial charge is 0.411 e. The maximum atomic E-state index is 13.4. The second kappa shape index (κ2) is 11.4. The molecule has 33 heavy (non-hydrogen) atoms. The number of hydrogen-bond donors (Lipinski definition) is 2. The van der Waals surface area contributed by atoms with Crippen molar-refractivity contribution in [2.24, 2.45) is 11.8 Å². The first-order chi connectivity index (χ1) is 15.0. The third kappa shape index (κ3) is 8.99. The Kier molecular flexibility index (Phi) is 9.96. The van der Waals surface area contributed by atoms with Crippen LogP contribution in [0.2, 0.25) is 0 Å². The molecule has 0 radical (unpaired) electrons. The summed E-state index contributed by atoms with van der Waals surface area (Å²) in [6, 6.07) is -2.38. The molecule has 0 aromatic rings. The number of allylic oxidation sites excluding steroid dienone is 1. The molecular formula is C25H44N2O6. The number of likely N-dealkylation sites (tertiary alicyclic amines) is 1. The van der Waals surface area contributed by atoms with Crippen LogP contribution < -0.4 is 5.32 Å². The Morgan fingerprint density at radius 3 is 2.06 bits per heavy atom. The molecular weight excluding hydrogens is 424 g/mol. The molecule has 1 aliphatic heterocycles. The highest BCUT2D eigenvalue weighted by Gasteiger charge is 2.53. The molecule has 0 aromatic carbocycles. The van der Waals surface area contributed by atoms with Gasteiger partial charge in [0.1, 0.15) is 17.2 Å². The number of hydrogen-bond acceptors (Lipinski definition) is 6. The van der Waals surface area contributed by atoms with E-state index in [1.807, 2.05) is 32.9 Å². The van der Waals surface area contributed by atoms with Gasteiger partial charge in [0.05, 0.1) is 18.2 Å². The summed E-state index contributed by atoms with van der Waals surface area (Å²) >= 11 is 0. The zero-order valence-corrected chi connectivity index (χ0v) is 22.0. The maximum Gasteiger partial charge on any atom is 0.411 e. The summed E-state index contributed by atoms with van der Waals surface area (Å²) < 4.78 is 11.3. The number of nitrogens with one attached hydrogen (secondary N) is 1. The first kappa shape index (κ1) is 28.9. The van der Waals surface area contributed by atoms with Crippen molar-refractivity contribution in [3.63, 3.8) is 0 Å². The predicted octanol–water partition coefficient (Wildman–Crippen LogP) is 3.81. The van der Waals surface area contributed by atoms with Crippen molar-refractivity contribution in [1.82, 2.24) is 10.2 Å². The molecule has 1 rings (SSSR count). The minimum Gasteiger partial charge on any atom is -0.458 e. The summed E-state index contributed by atoms with van der Waals surface area (Å²) in [5, 5.41) is 13.9. The van der Waals surface area contributed by atoms with Crippen LogP contribution in [0.1, 0.15) is 82.1 Å². The molecule has 0 bridgehead atoms. The average molecular weight is 469 g/mol. The lowest BCUT2D eigenvalue weighted by molar-refractivity contribution is -0.160. The molecule has 2 N–H and O–H groups in total. The van der Waals surface area contributed by atoms with Crippen LogP contribution in [0.25, 0.3) is 0 Å². The summed E-state index contributed by atoms with van der Waals surface area (Å²) in [6.45, 7) is 17.7. The van der Waals surface area contributed by atoms with E-state index < -0.39 is 47.5 Å². The van der Waals surface area contributed by atoms with Gasteiger partial charge in [-0.15, -0.1) is 0 Å². The average Bonchev–Trinajstić information content (AvgIpc) is 2.95. The van der Waals surface area contributed by atoms with Crippen molar-refractivity contribution in [2.75, 3.05) is 0 Å². The van der Waals surface area contributed by atoms with Gasteiger partial charge in [-0.25, -0.2) is 9.59 Å². The third-order valence-electron chi connectivity index (χ3n) is 5.18. The highest BCUT2D eigenvalue weighted by Crippen LogP contribution is 2.37. The molecule has 0 spiro atoms. The van der Waals surface area contributed by atoms with E-state index in [0.29, 0.717) is 12.8 Å². The standard InChI is InChI=1S/C25H44N2O6/c1-11-12-17-14-18(22(30)32-24(5,6)7)27(23(31)33-25(8,9)10)21(17)20(26-16(4)28)19(29)13-15(2)3/h11-12,15,17-21,29H,13-14H2,1-10H3,(H,26,28)/b12-11-/t17-,18-,19+,20+,21-/m1/s1. The van der Waals surface area contributed by atoms with Crippen LogP contribution in [0.5, 0.6) is 0 Å². The number of amides is 2. The quantitative estimate of drug-likeness (QED) is 0.435. The number of carbonyl (C=O) groups excluding carboxylic acids is 3. The molecule has 0 unspecified atom stereocenters. The highest BCUT2D eigenvalue weighted by molar-refractivity contribution is 5.83. The molecule has 0 saturated carbocycles. The molecule has 8 nitrogen and oxygen atoms in total. The van der Waals surface area contributed by atoms with Gasteiger partial charge in [-0.05, 0) is 67.2 Å². The SMILES string of the molecule is C/C=C\[C@@H]1C[C@H](C(=O)OC(C)(C)C)N(C(=O)OC(C)(C)C)[C@H]1[C@@H](NC(C)=O)[C@@H](O)CC(C)C. The summed E-state index contributed by atoms with van der Waals surface area (Å²) in [5.74, 6) is -0.995. The Balaban J connectivity index is 3.58. The number of nitrogens with zero attached hydrogens (tertiary/aromatic N) is 1. The lowest BCUT2D eigenvalue weighted by Gasteiger charge is -2.39. The molecule has 0 aromatic heterocycles. The van der Waals surface area contributed by atoms with Crippen molar-refractivity contribution in [3.05, 3.63) is 12.2 Å². The normalized spacial score (nSPS) is 23.5. The minimum atomic E-state index is -0.922. The highest BCUT2D eigenvalue weighted by atomic mass is 16.6. The van der Waals surface area contributed by atoms with E-state index in [1.165, 1.54) is 11.8 Å². The van der Waals surface area contributed by atoms with Gasteiger partial charge in [0.25, 0.3) is 0 Å². The zero-order valence-electron chi connectivity index (χ0n) is 22.0. The van der Waals surface area contributed by atoms with Gasteiger partial charge in [0.2, 0.25) is 5.91 Å². The summed E-state index contributed by atoms with van der Waals surface area (Å²) in [5.41, 5.74) is -1.53. The van der Waals surface area contributed by atoms with Gasteiger partial charge in [-0.3, -0.25) is 9.69 Å². The van der Waals surface area contributed by atoms with Crippen molar-refractivity contribution in [3.8, 4) is 0 Å². The number of carbonyl (C=O) groups is 3. The molecule has 1 heterocycles. The zero-order chi connectivity index (χ0) is 25.7. The van der Waals surface area contributed by atoms with Crippen LogP contribution >= 0.6 is 0 Å². The minimum absolute atomic E-state index is 0.162. The summed E-state index contributed by atoms with van der Waals surface area (Å²) in [4.78, 5) is 40.1. The van der Waals surface area contributed by atoms with E-state index >= 15 is 0 Å². The monoisotopic (exact) mass is 468 g/mol. The van der Waals surface area contributed by atoms with E-state index in [-0.39, 0.29) is 17.7 Å². The molecule has 8 heteroatoms. The van der Waals surface area contributed by atoms with Crippen LogP contribution in [0, 0.1) is 11.8 Å². The molecule has 1 saturated heterocycles. The Morgan fingerprint density at radius 1 is 1.09 bits per heavy atom. The lowest BCUT2D eigenvalue weighted by atomic mass is 9.87. The predicted molar refractivity (Wildman–Crippen MR) is 127 cm³/mol. The Bertz CT molecular complexity index is 719. The number of esters is 1. The third-order valence-corrected chi connectivity index (χ3v) is 5.18. The van der Waals surface area contributed by atoms with Crippen molar-refractivity contribution < 1.29 is 29.0 Å². The number of rotatable bonds is 7. The van der Waals surface area contributed by atoms with Crippen LogP contribution in [-0.4, -0.2) is 63.4 Å². The molecule has 2 amide bonds. The van der Waals surface area contributed by atoms with Crippen molar-refractivity contribution >= 4 is 18.0 Å².